The zero-order valence-corrected chi connectivity index (χ0v) is 25.6. The molecular formula is C31H37BrFNO5S. The first-order valence-corrected chi connectivity index (χ1v) is 15.6. The lowest BCUT2D eigenvalue weighted by molar-refractivity contribution is -0.124. The van der Waals surface area contributed by atoms with Crippen LogP contribution in [-0.4, -0.2) is 43.4 Å². The maximum absolute atomic E-state index is 13.5. The van der Waals surface area contributed by atoms with Gasteiger partial charge in [0.1, 0.15) is 11.6 Å². The standard InChI is InChI=1S/C31H37BrFNO5S/c1-20(2)15-27(40(37,38)26-13-11-25(33)12-14-26)18-29(35)28(17-23-9-6-10-24(32)16-23)34-30(36)19-39-31-21(3)7-5-8-22(31)4/h5-14,16,20,27-29,35H,15,17-19H2,1-4H3,(H,34,36)/t27-,28+,29-/m0/s1. The highest BCUT2D eigenvalue weighted by Crippen LogP contribution is 2.27. The Labute approximate surface area is 245 Å². The van der Waals surface area contributed by atoms with Crippen molar-refractivity contribution in [2.45, 2.75) is 69.2 Å². The zero-order chi connectivity index (χ0) is 29.4. The Morgan fingerprint density at radius 2 is 1.62 bits per heavy atom. The van der Waals surface area contributed by atoms with E-state index in [1.165, 1.54) is 12.1 Å². The summed E-state index contributed by atoms with van der Waals surface area (Å²) in [6.45, 7) is 7.36. The fourth-order valence-electron chi connectivity index (χ4n) is 4.74. The number of para-hydroxylation sites is 1. The van der Waals surface area contributed by atoms with Crippen LogP contribution in [0.2, 0.25) is 0 Å². The van der Waals surface area contributed by atoms with E-state index in [2.05, 4.69) is 21.2 Å². The normalized spacial score (nSPS) is 14.0. The van der Waals surface area contributed by atoms with Gasteiger partial charge in [-0.2, -0.15) is 0 Å². The molecule has 1 amide bonds. The molecular weight excluding hydrogens is 597 g/mol. The van der Waals surface area contributed by atoms with Crippen molar-refractivity contribution in [1.29, 1.82) is 0 Å². The number of aliphatic hydroxyl groups is 1. The van der Waals surface area contributed by atoms with Crippen LogP contribution in [0.3, 0.4) is 0 Å². The maximum atomic E-state index is 13.5. The molecule has 9 heteroatoms. The fourth-order valence-corrected chi connectivity index (χ4v) is 7.18. The summed E-state index contributed by atoms with van der Waals surface area (Å²) in [5.74, 6) is -0.303. The monoisotopic (exact) mass is 633 g/mol. The number of sulfone groups is 1. The number of amides is 1. The number of rotatable bonds is 13. The Bertz CT molecular complexity index is 1370. The van der Waals surface area contributed by atoms with Gasteiger partial charge in [-0.1, -0.05) is 60.1 Å². The van der Waals surface area contributed by atoms with Gasteiger partial charge in [0.05, 0.1) is 22.3 Å². The fraction of sp³-hybridized carbons (Fsp3) is 0.387. The molecule has 0 bridgehead atoms. The molecule has 2 N–H and O–H groups in total. The molecule has 0 unspecified atom stereocenters. The Hall–Kier alpha value is -2.75. The third-order valence-electron chi connectivity index (χ3n) is 6.73. The van der Waals surface area contributed by atoms with Crippen LogP contribution >= 0.6 is 15.9 Å². The molecule has 0 saturated heterocycles. The van der Waals surface area contributed by atoms with Crippen LogP contribution in [0.4, 0.5) is 4.39 Å². The van der Waals surface area contributed by atoms with E-state index in [0.29, 0.717) is 12.2 Å². The van der Waals surface area contributed by atoms with E-state index in [4.69, 9.17) is 4.74 Å². The second kappa shape index (κ2) is 14.2. The van der Waals surface area contributed by atoms with Crippen LogP contribution in [-0.2, 0) is 21.1 Å². The summed E-state index contributed by atoms with van der Waals surface area (Å²) in [7, 11) is -3.88. The maximum Gasteiger partial charge on any atom is 0.258 e. The molecule has 0 heterocycles. The van der Waals surface area contributed by atoms with Gasteiger partial charge in [-0.15, -0.1) is 0 Å². The number of benzene rings is 3. The van der Waals surface area contributed by atoms with Gasteiger partial charge in [-0.3, -0.25) is 4.79 Å². The summed E-state index contributed by atoms with van der Waals surface area (Å²) < 4.78 is 47.2. The quantitative estimate of drug-likeness (QED) is 0.227. The lowest BCUT2D eigenvalue weighted by Gasteiger charge is -2.29. The molecule has 6 nitrogen and oxygen atoms in total. The molecule has 40 heavy (non-hydrogen) atoms. The van der Waals surface area contributed by atoms with E-state index in [-0.39, 0.29) is 30.3 Å². The largest absolute Gasteiger partial charge is 0.483 e. The van der Waals surface area contributed by atoms with Gasteiger partial charge in [-0.25, -0.2) is 12.8 Å². The highest BCUT2D eigenvalue weighted by atomic mass is 79.9. The minimum atomic E-state index is -3.88. The van der Waals surface area contributed by atoms with Crippen LogP contribution in [0.15, 0.2) is 76.1 Å². The molecule has 3 aromatic rings. The van der Waals surface area contributed by atoms with Crippen molar-refractivity contribution in [3.05, 3.63) is 93.7 Å². The molecule has 0 aliphatic heterocycles. The van der Waals surface area contributed by atoms with Gasteiger partial charge in [0.2, 0.25) is 0 Å². The number of hydrogen-bond donors (Lipinski definition) is 2. The number of aliphatic hydroxyl groups excluding tert-OH is 1. The molecule has 0 spiro atoms. The molecule has 0 radical (unpaired) electrons. The van der Waals surface area contributed by atoms with E-state index >= 15 is 0 Å². The first kappa shape index (κ1) is 31.8. The second-order valence-corrected chi connectivity index (χ2v) is 13.7. The predicted molar refractivity (Wildman–Crippen MR) is 159 cm³/mol. The minimum Gasteiger partial charge on any atom is -0.483 e. The number of carbonyl (C=O) groups is 1. The van der Waals surface area contributed by atoms with E-state index < -0.39 is 39.0 Å². The third-order valence-corrected chi connectivity index (χ3v) is 9.42. The van der Waals surface area contributed by atoms with Crippen LogP contribution in [0.5, 0.6) is 5.75 Å². The molecule has 3 atom stereocenters. The number of hydrogen-bond acceptors (Lipinski definition) is 5. The number of carbonyl (C=O) groups excluding carboxylic acids is 1. The van der Waals surface area contributed by atoms with Crippen LogP contribution in [0.25, 0.3) is 0 Å². The van der Waals surface area contributed by atoms with Crippen molar-refractivity contribution < 1.29 is 27.4 Å². The van der Waals surface area contributed by atoms with Gasteiger partial charge in [-0.05, 0) is 92.1 Å². The lowest BCUT2D eigenvalue weighted by atomic mass is 9.95. The van der Waals surface area contributed by atoms with E-state index in [1.807, 2.05) is 70.2 Å². The van der Waals surface area contributed by atoms with Crippen molar-refractivity contribution in [2.24, 2.45) is 5.92 Å². The van der Waals surface area contributed by atoms with Crippen molar-refractivity contribution in [2.75, 3.05) is 6.61 Å². The molecule has 216 valence electrons. The summed E-state index contributed by atoms with van der Waals surface area (Å²) in [4.78, 5) is 13.0. The third kappa shape index (κ3) is 8.88. The predicted octanol–water partition coefficient (Wildman–Crippen LogP) is 5.95. The summed E-state index contributed by atoms with van der Waals surface area (Å²) in [5, 5.41) is 13.4. The Kier molecular flexibility index (Phi) is 11.3. The average molecular weight is 635 g/mol. The highest BCUT2D eigenvalue weighted by molar-refractivity contribution is 9.10. The van der Waals surface area contributed by atoms with E-state index in [1.54, 1.807) is 0 Å². The molecule has 0 aromatic heterocycles. The van der Waals surface area contributed by atoms with Crippen LogP contribution < -0.4 is 10.1 Å². The summed E-state index contributed by atoms with van der Waals surface area (Å²) in [6, 6.07) is 17.2. The molecule has 0 aliphatic carbocycles. The molecule has 0 aliphatic rings. The molecule has 0 saturated carbocycles. The summed E-state index contributed by atoms with van der Waals surface area (Å²) in [6.07, 6.45) is -0.707. The first-order chi connectivity index (χ1) is 18.9. The SMILES string of the molecule is Cc1cccc(C)c1OCC(=O)N[C@H](Cc1cccc(Br)c1)[C@@H](O)C[C@H](CC(C)C)S(=O)(=O)c1ccc(F)cc1. The van der Waals surface area contributed by atoms with Crippen LogP contribution in [0, 0.1) is 25.6 Å². The second-order valence-electron chi connectivity index (χ2n) is 10.6. The lowest BCUT2D eigenvalue weighted by Crippen LogP contribution is -2.48. The summed E-state index contributed by atoms with van der Waals surface area (Å²) >= 11 is 3.45. The minimum absolute atomic E-state index is 0.00123. The Balaban J connectivity index is 1.83. The number of halogens is 2. The number of ether oxygens (including phenoxy) is 1. The van der Waals surface area contributed by atoms with Gasteiger partial charge in [0.15, 0.2) is 16.4 Å². The first-order valence-electron chi connectivity index (χ1n) is 13.3. The average Bonchev–Trinajstić information content (AvgIpc) is 2.87. The highest BCUT2D eigenvalue weighted by Gasteiger charge is 2.33. The van der Waals surface area contributed by atoms with Crippen molar-refractivity contribution in [3.8, 4) is 5.75 Å². The van der Waals surface area contributed by atoms with E-state index in [0.717, 1.165) is 33.3 Å². The topological polar surface area (TPSA) is 92.7 Å². The van der Waals surface area contributed by atoms with Gasteiger partial charge < -0.3 is 15.2 Å². The Morgan fingerprint density at radius 1 is 1.00 bits per heavy atom. The van der Waals surface area contributed by atoms with Gasteiger partial charge in [0.25, 0.3) is 5.91 Å². The molecule has 0 fully saturated rings. The Morgan fingerprint density at radius 3 is 2.23 bits per heavy atom. The van der Waals surface area contributed by atoms with Crippen LogP contribution in [0.1, 0.15) is 43.4 Å². The molecule has 3 rings (SSSR count). The number of nitrogens with one attached hydrogen (secondary N) is 1. The molecule has 3 aromatic carbocycles. The van der Waals surface area contributed by atoms with Gasteiger partial charge >= 0.3 is 0 Å². The van der Waals surface area contributed by atoms with Crippen molar-refractivity contribution in [3.63, 3.8) is 0 Å². The summed E-state index contributed by atoms with van der Waals surface area (Å²) in [5.41, 5.74) is 2.67. The van der Waals surface area contributed by atoms with E-state index in [9.17, 15) is 22.7 Å². The van der Waals surface area contributed by atoms with Crippen molar-refractivity contribution >= 4 is 31.7 Å². The smallest absolute Gasteiger partial charge is 0.258 e. The van der Waals surface area contributed by atoms with Gasteiger partial charge in [0, 0.05) is 4.47 Å². The number of aryl methyl sites for hydroxylation is 2. The zero-order valence-electron chi connectivity index (χ0n) is 23.2. The van der Waals surface area contributed by atoms with Crippen molar-refractivity contribution in [1.82, 2.24) is 5.32 Å².